The standard InChI is InChI=1S/C16H26N2O2S/c1-13(12-17)18(2)21(19,20)16-10-8-15(9-11-16)14-6-4-3-5-7-14/h8-11,13-14H,3-7,12,17H2,1-2H3. The van der Waals surface area contributed by atoms with Crippen LogP contribution < -0.4 is 5.73 Å². The lowest BCUT2D eigenvalue weighted by Gasteiger charge is -2.24. The summed E-state index contributed by atoms with van der Waals surface area (Å²) in [6.07, 6.45) is 6.32. The second-order valence-electron chi connectivity index (χ2n) is 6.01. The SMILES string of the molecule is CC(CN)N(C)S(=O)(=O)c1ccc(C2CCCCC2)cc1. The first-order valence-electron chi connectivity index (χ1n) is 7.75. The second-order valence-corrected chi connectivity index (χ2v) is 8.01. The minimum Gasteiger partial charge on any atom is -0.329 e. The van der Waals surface area contributed by atoms with E-state index in [2.05, 4.69) is 0 Å². The molecule has 2 rings (SSSR count). The van der Waals surface area contributed by atoms with Gasteiger partial charge in [-0.25, -0.2) is 8.42 Å². The van der Waals surface area contributed by atoms with Gasteiger partial charge in [0, 0.05) is 19.6 Å². The number of benzene rings is 1. The van der Waals surface area contributed by atoms with Gasteiger partial charge in [-0.2, -0.15) is 4.31 Å². The van der Waals surface area contributed by atoms with E-state index >= 15 is 0 Å². The Kier molecular flexibility index (Phi) is 5.41. The van der Waals surface area contributed by atoms with Gasteiger partial charge in [-0.3, -0.25) is 0 Å². The molecule has 118 valence electrons. The summed E-state index contributed by atoms with van der Waals surface area (Å²) in [7, 11) is -1.86. The Morgan fingerprint density at radius 1 is 1.19 bits per heavy atom. The molecule has 2 N–H and O–H groups in total. The monoisotopic (exact) mass is 310 g/mol. The van der Waals surface area contributed by atoms with Gasteiger partial charge in [-0.05, 0) is 43.4 Å². The van der Waals surface area contributed by atoms with Crippen molar-refractivity contribution < 1.29 is 8.42 Å². The van der Waals surface area contributed by atoms with Crippen molar-refractivity contribution in [2.24, 2.45) is 5.73 Å². The van der Waals surface area contributed by atoms with Gasteiger partial charge in [-0.15, -0.1) is 0 Å². The molecule has 0 aromatic heterocycles. The van der Waals surface area contributed by atoms with Gasteiger partial charge in [0.25, 0.3) is 0 Å². The summed E-state index contributed by atoms with van der Waals surface area (Å²) >= 11 is 0. The molecule has 1 unspecified atom stereocenters. The van der Waals surface area contributed by atoms with Gasteiger partial charge in [0.05, 0.1) is 4.90 Å². The molecule has 5 heteroatoms. The Morgan fingerprint density at radius 2 is 1.76 bits per heavy atom. The maximum atomic E-state index is 12.5. The molecule has 1 aromatic rings. The molecule has 0 saturated heterocycles. The van der Waals surface area contributed by atoms with Crippen LogP contribution in [0.3, 0.4) is 0 Å². The number of sulfonamides is 1. The van der Waals surface area contributed by atoms with Crippen LogP contribution in [0.4, 0.5) is 0 Å². The van der Waals surface area contributed by atoms with Crippen molar-refractivity contribution >= 4 is 10.0 Å². The van der Waals surface area contributed by atoms with Crippen molar-refractivity contribution in [2.45, 2.75) is 55.9 Å². The first kappa shape index (κ1) is 16.5. The van der Waals surface area contributed by atoms with E-state index in [9.17, 15) is 8.42 Å². The Balaban J connectivity index is 2.17. The molecule has 0 amide bonds. The van der Waals surface area contributed by atoms with Gasteiger partial charge in [0.1, 0.15) is 0 Å². The van der Waals surface area contributed by atoms with E-state index in [1.54, 1.807) is 19.2 Å². The molecule has 0 radical (unpaired) electrons. The first-order valence-corrected chi connectivity index (χ1v) is 9.19. The average Bonchev–Trinajstić information content (AvgIpc) is 2.54. The molecule has 0 heterocycles. The number of nitrogens with two attached hydrogens (primary N) is 1. The van der Waals surface area contributed by atoms with Crippen LogP contribution in [0, 0.1) is 0 Å². The van der Waals surface area contributed by atoms with Gasteiger partial charge >= 0.3 is 0 Å². The molecular weight excluding hydrogens is 284 g/mol. The maximum Gasteiger partial charge on any atom is 0.243 e. The van der Waals surface area contributed by atoms with Crippen LogP contribution in [-0.4, -0.2) is 32.4 Å². The van der Waals surface area contributed by atoms with E-state index in [1.807, 2.05) is 19.1 Å². The molecule has 1 saturated carbocycles. The zero-order valence-electron chi connectivity index (χ0n) is 13.0. The summed E-state index contributed by atoms with van der Waals surface area (Å²) in [5.74, 6) is 0.594. The topological polar surface area (TPSA) is 63.4 Å². The summed E-state index contributed by atoms with van der Waals surface area (Å²) < 4.78 is 26.3. The molecule has 1 aliphatic carbocycles. The fourth-order valence-corrected chi connectivity index (χ4v) is 4.27. The number of likely N-dealkylation sites (N-methyl/N-ethyl adjacent to an activating group) is 1. The normalized spacial score (nSPS) is 18.9. The quantitative estimate of drug-likeness (QED) is 0.909. The highest BCUT2D eigenvalue weighted by atomic mass is 32.2. The van der Waals surface area contributed by atoms with E-state index in [0.717, 1.165) is 0 Å². The largest absolute Gasteiger partial charge is 0.329 e. The Morgan fingerprint density at radius 3 is 2.29 bits per heavy atom. The van der Waals surface area contributed by atoms with Crippen LogP contribution in [0.5, 0.6) is 0 Å². The van der Waals surface area contributed by atoms with Crippen molar-refractivity contribution in [3.8, 4) is 0 Å². The number of hydrogen-bond acceptors (Lipinski definition) is 3. The molecule has 0 bridgehead atoms. The van der Waals surface area contributed by atoms with Crippen LogP contribution in [-0.2, 0) is 10.0 Å². The maximum absolute atomic E-state index is 12.5. The molecule has 4 nitrogen and oxygen atoms in total. The third-order valence-electron chi connectivity index (χ3n) is 4.60. The molecule has 1 aromatic carbocycles. The van der Waals surface area contributed by atoms with Gasteiger partial charge in [-0.1, -0.05) is 31.4 Å². The highest BCUT2D eigenvalue weighted by molar-refractivity contribution is 7.89. The highest BCUT2D eigenvalue weighted by Gasteiger charge is 2.25. The fraction of sp³-hybridized carbons (Fsp3) is 0.625. The van der Waals surface area contributed by atoms with Crippen LogP contribution >= 0.6 is 0 Å². The summed E-state index contributed by atoms with van der Waals surface area (Å²) in [6, 6.07) is 7.22. The smallest absolute Gasteiger partial charge is 0.243 e. The zero-order valence-corrected chi connectivity index (χ0v) is 13.8. The molecule has 0 aliphatic heterocycles. The van der Waals surface area contributed by atoms with Crippen molar-refractivity contribution in [3.05, 3.63) is 29.8 Å². The van der Waals surface area contributed by atoms with Crippen LogP contribution in [0.15, 0.2) is 29.2 Å². The van der Waals surface area contributed by atoms with Crippen LogP contribution in [0.25, 0.3) is 0 Å². The Hall–Kier alpha value is -0.910. The first-order chi connectivity index (χ1) is 9.96. The summed E-state index contributed by atoms with van der Waals surface area (Å²) in [6.45, 7) is 2.13. The van der Waals surface area contributed by atoms with Gasteiger partial charge in [0.2, 0.25) is 10.0 Å². The molecule has 1 atom stereocenters. The average molecular weight is 310 g/mol. The lowest BCUT2D eigenvalue weighted by molar-refractivity contribution is 0.394. The predicted molar refractivity (Wildman–Crippen MR) is 85.7 cm³/mol. The van der Waals surface area contributed by atoms with E-state index in [1.165, 1.54) is 42.0 Å². The van der Waals surface area contributed by atoms with E-state index in [-0.39, 0.29) is 6.04 Å². The van der Waals surface area contributed by atoms with Crippen molar-refractivity contribution in [2.75, 3.05) is 13.6 Å². The van der Waals surface area contributed by atoms with Crippen molar-refractivity contribution in [1.82, 2.24) is 4.31 Å². The summed E-state index contributed by atoms with van der Waals surface area (Å²) in [5.41, 5.74) is 6.83. The molecule has 1 fully saturated rings. The Bertz CT molecular complexity index is 548. The van der Waals surface area contributed by atoms with Crippen LogP contribution in [0.1, 0.15) is 50.5 Å². The van der Waals surface area contributed by atoms with E-state index in [4.69, 9.17) is 5.73 Å². The molecular formula is C16H26N2O2S. The highest BCUT2D eigenvalue weighted by Crippen LogP contribution is 2.33. The number of hydrogen-bond donors (Lipinski definition) is 1. The predicted octanol–water partition coefficient (Wildman–Crippen LogP) is 2.70. The number of rotatable bonds is 5. The molecule has 21 heavy (non-hydrogen) atoms. The molecule has 0 spiro atoms. The summed E-state index contributed by atoms with van der Waals surface area (Å²) in [4.78, 5) is 0.352. The molecule has 1 aliphatic rings. The van der Waals surface area contributed by atoms with E-state index in [0.29, 0.717) is 17.4 Å². The zero-order chi connectivity index (χ0) is 15.5. The van der Waals surface area contributed by atoms with Crippen molar-refractivity contribution in [3.63, 3.8) is 0 Å². The fourth-order valence-electron chi connectivity index (χ4n) is 2.90. The lowest BCUT2D eigenvalue weighted by atomic mass is 9.84. The summed E-state index contributed by atoms with van der Waals surface area (Å²) in [5, 5.41) is 0. The van der Waals surface area contributed by atoms with Gasteiger partial charge < -0.3 is 5.73 Å². The number of nitrogens with zero attached hydrogens (tertiary/aromatic N) is 1. The van der Waals surface area contributed by atoms with Crippen LogP contribution in [0.2, 0.25) is 0 Å². The third-order valence-corrected chi connectivity index (χ3v) is 6.58. The minimum atomic E-state index is -3.44. The van der Waals surface area contributed by atoms with Crippen molar-refractivity contribution in [1.29, 1.82) is 0 Å². The third kappa shape index (κ3) is 3.65. The Labute approximate surface area is 128 Å². The lowest BCUT2D eigenvalue weighted by Crippen LogP contribution is -2.39. The van der Waals surface area contributed by atoms with E-state index < -0.39 is 10.0 Å². The second kappa shape index (κ2) is 6.90. The minimum absolute atomic E-state index is 0.201. The van der Waals surface area contributed by atoms with Gasteiger partial charge in [0.15, 0.2) is 0 Å².